The van der Waals surface area contributed by atoms with E-state index in [2.05, 4.69) is 0 Å². The number of amides is 1. The number of hydrogen-bond acceptors (Lipinski definition) is 5. The van der Waals surface area contributed by atoms with E-state index in [1.54, 1.807) is 32.9 Å². The molecule has 0 aliphatic carbocycles. The Balaban J connectivity index is 2.54. The van der Waals surface area contributed by atoms with Gasteiger partial charge in [-0.25, -0.2) is 17.5 Å². The van der Waals surface area contributed by atoms with Crippen molar-refractivity contribution >= 4 is 21.9 Å². The average molecular weight is 311 g/mol. The molecule has 0 aromatic heterocycles. The van der Waals surface area contributed by atoms with Crippen LogP contribution in [0.1, 0.15) is 31.1 Å². The van der Waals surface area contributed by atoms with E-state index in [0.717, 1.165) is 0 Å². The summed E-state index contributed by atoms with van der Waals surface area (Å²) < 4.78 is 30.7. The van der Waals surface area contributed by atoms with Gasteiger partial charge >= 0.3 is 5.97 Å². The van der Waals surface area contributed by atoms with Crippen LogP contribution >= 0.6 is 0 Å². The molecule has 0 saturated heterocycles. The number of ether oxygens (including phenoxy) is 1. The summed E-state index contributed by atoms with van der Waals surface area (Å²) in [7, 11) is -4.02. The molecule has 0 unspecified atom stereocenters. The molecular formula is C14H17NO5S. The molecule has 1 amide bonds. The fourth-order valence-corrected chi connectivity index (χ4v) is 4.19. The third-order valence-electron chi connectivity index (χ3n) is 3.27. The first kappa shape index (κ1) is 15.5. The van der Waals surface area contributed by atoms with Crippen molar-refractivity contribution in [1.82, 2.24) is 4.31 Å². The maximum absolute atomic E-state index is 12.5. The SMILES string of the molecule is CCOC(=O)[C@H](C(C)C)N1C(=O)c2ccccc2S1(=O)=O. The Morgan fingerprint density at radius 3 is 2.43 bits per heavy atom. The second-order valence-electron chi connectivity index (χ2n) is 5.04. The predicted octanol–water partition coefficient (Wildman–Crippen LogP) is 1.42. The highest BCUT2D eigenvalue weighted by Gasteiger charge is 2.48. The van der Waals surface area contributed by atoms with Gasteiger partial charge in [0.15, 0.2) is 0 Å². The minimum atomic E-state index is -4.02. The number of benzene rings is 1. The number of fused-ring (bicyclic) bond motifs is 1. The standard InChI is InChI=1S/C14H17NO5S/c1-4-20-14(17)12(9(2)3)15-13(16)10-7-5-6-8-11(10)21(15,18)19/h5-9,12H,4H2,1-3H3/t12-/m0/s1. The molecule has 1 atom stereocenters. The number of esters is 1. The number of sulfonamides is 1. The summed E-state index contributed by atoms with van der Waals surface area (Å²) in [6.07, 6.45) is 0. The lowest BCUT2D eigenvalue weighted by Gasteiger charge is -2.27. The Morgan fingerprint density at radius 1 is 1.29 bits per heavy atom. The van der Waals surface area contributed by atoms with Crippen LogP contribution in [0.15, 0.2) is 29.2 Å². The molecule has 1 aromatic rings. The van der Waals surface area contributed by atoms with Crippen LogP contribution in [-0.4, -0.2) is 37.2 Å². The molecule has 0 spiro atoms. The molecule has 0 N–H and O–H groups in total. The van der Waals surface area contributed by atoms with E-state index in [1.807, 2.05) is 0 Å². The molecule has 21 heavy (non-hydrogen) atoms. The normalized spacial score (nSPS) is 17.7. The molecule has 2 rings (SSSR count). The number of rotatable bonds is 4. The van der Waals surface area contributed by atoms with Crippen molar-refractivity contribution in [2.24, 2.45) is 5.92 Å². The van der Waals surface area contributed by atoms with Crippen molar-refractivity contribution in [3.63, 3.8) is 0 Å². The monoisotopic (exact) mass is 311 g/mol. The van der Waals surface area contributed by atoms with E-state index in [0.29, 0.717) is 4.31 Å². The zero-order chi connectivity index (χ0) is 15.8. The second kappa shape index (κ2) is 5.48. The first-order valence-electron chi connectivity index (χ1n) is 6.66. The minimum Gasteiger partial charge on any atom is -0.464 e. The summed E-state index contributed by atoms with van der Waals surface area (Å²) in [5, 5.41) is 0. The van der Waals surface area contributed by atoms with Crippen molar-refractivity contribution in [3.05, 3.63) is 29.8 Å². The summed E-state index contributed by atoms with van der Waals surface area (Å²) >= 11 is 0. The zero-order valence-corrected chi connectivity index (χ0v) is 12.9. The molecular weight excluding hydrogens is 294 g/mol. The van der Waals surface area contributed by atoms with Crippen molar-refractivity contribution in [2.75, 3.05) is 6.61 Å². The second-order valence-corrected chi connectivity index (χ2v) is 6.83. The van der Waals surface area contributed by atoms with Crippen LogP contribution in [0.2, 0.25) is 0 Å². The maximum Gasteiger partial charge on any atom is 0.330 e. The first-order valence-corrected chi connectivity index (χ1v) is 8.10. The van der Waals surface area contributed by atoms with E-state index in [-0.39, 0.29) is 17.1 Å². The predicted molar refractivity (Wildman–Crippen MR) is 75.1 cm³/mol. The van der Waals surface area contributed by atoms with Gasteiger partial charge in [0.25, 0.3) is 15.9 Å². The summed E-state index contributed by atoms with van der Waals surface area (Å²) in [5.74, 6) is -1.79. The largest absolute Gasteiger partial charge is 0.464 e. The molecule has 0 fully saturated rings. The average Bonchev–Trinajstić information content (AvgIpc) is 2.61. The fraction of sp³-hybridized carbons (Fsp3) is 0.429. The molecule has 1 aliphatic heterocycles. The van der Waals surface area contributed by atoms with E-state index in [4.69, 9.17) is 4.74 Å². The lowest BCUT2D eigenvalue weighted by Crippen LogP contribution is -2.48. The number of hydrogen-bond donors (Lipinski definition) is 0. The first-order chi connectivity index (χ1) is 9.82. The van der Waals surface area contributed by atoms with Gasteiger partial charge in [-0.3, -0.25) is 4.79 Å². The van der Waals surface area contributed by atoms with E-state index < -0.39 is 33.9 Å². The topological polar surface area (TPSA) is 80.8 Å². The van der Waals surface area contributed by atoms with E-state index in [1.165, 1.54) is 12.1 Å². The van der Waals surface area contributed by atoms with Gasteiger partial charge in [0.05, 0.1) is 12.2 Å². The summed E-state index contributed by atoms with van der Waals surface area (Å²) in [4.78, 5) is 24.4. The van der Waals surface area contributed by atoms with Gasteiger partial charge < -0.3 is 4.74 Å². The fourth-order valence-electron chi connectivity index (χ4n) is 2.34. The van der Waals surface area contributed by atoms with Crippen LogP contribution in [0.25, 0.3) is 0 Å². The Labute approximate surface area is 123 Å². The van der Waals surface area contributed by atoms with Crippen molar-refractivity contribution in [3.8, 4) is 0 Å². The van der Waals surface area contributed by atoms with Crippen LogP contribution < -0.4 is 0 Å². The van der Waals surface area contributed by atoms with E-state index in [9.17, 15) is 18.0 Å². The van der Waals surface area contributed by atoms with Crippen LogP contribution in [-0.2, 0) is 19.6 Å². The van der Waals surface area contributed by atoms with E-state index >= 15 is 0 Å². The molecule has 0 radical (unpaired) electrons. The number of carbonyl (C=O) groups excluding carboxylic acids is 2. The molecule has 114 valence electrons. The van der Waals surface area contributed by atoms with Gasteiger partial charge in [0.2, 0.25) is 0 Å². The third-order valence-corrected chi connectivity index (χ3v) is 5.09. The summed E-state index contributed by atoms with van der Waals surface area (Å²) in [5.41, 5.74) is 0.0902. The number of nitrogens with zero attached hydrogens (tertiary/aromatic N) is 1. The van der Waals surface area contributed by atoms with Gasteiger partial charge in [-0.05, 0) is 25.0 Å². The van der Waals surface area contributed by atoms with Crippen LogP contribution in [0.5, 0.6) is 0 Å². The third kappa shape index (κ3) is 2.42. The molecule has 1 aromatic carbocycles. The highest BCUT2D eigenvalue weighted by molar-refractivity contribution is 7.90. The zero-order valence-electron chi connectivity index (χ0n) is 12.1. The van der Waals surface area contributed by atoms with Crippen LogP contribution in [0, 0.1) is 5.92 Å². The quantitative estimate of drug-likeness (QED) is 0.786. The highest BCUT2D eigenvalue weighted by atomic mass is 32.2. The lowest BCUT2D eigenvalue weighted by molar-refractivity contribution is -0.148. The van der Waals surface area contributed by atoms with Gasteiger partial charge in [-0.2, -0.15) is 0 Å². The molecule has 6 nitrogen and oxygen atoms in total. The van der Waals surface area contributed by atoms with Gasteiger partial charge in [-0.15, -0.1) is 0 Å². The van der Waals surface area contributed by atoms with Gasteiger partial charge in [-0.1, -0.05) is 26.0 Å². The molecule has 0 saturated carbocycles. The molecule has 0 bridgehead atoms. The number of carbonyl (C=O) groups is 2. The lowest BCUT2D eigenvalue weighted by atomic mass is 10.0. The maximum atomic E-state index is 12.5. The molecule has 1 aliphatic rings. The summed E-state index contributed by atoms with van der Waals surface area (Å²) in [6, 6.07) is 4.78. The Kier molecular flexibility index (Phi) is 4.04. The smallest absolute Gasteiger partial charge is 0.330 e. The van der Waals surface area contributed by atoms with Crippen LogP contribution in [0.4, 0.5) is 0 Å². The van der Waals surface area contributed by atoms with Crippen molar-refractivity contribution < 1.29 is 22.7 Å². The summed E-state index contributed by atoms with van der Waals surface area (Å²) in [6.45, 7) is 5.10. The van der Waals surface area contributed by atoms with Gasteiger partial charge in [0, 0.05) is 0 Å². The Morgan fingerprint density at radius 2 is 1.90 bits per heavy atom. The molecule has 1 heterocycles. The molecule has 7 heteroatoms. The highest BCUT2D eigenvalue weighted by Crippen LogP contribution is 2.33. The Hall–Kier alpha value is -1.89. The van der Waals surface area contributed by atoms with Crippen molar-refractivity contribution in [1.29, 1.82) is 0 Å². The van der Waals surface area contributed by atoms with Crippen LogP contribution in [0.3, 0.4) is 0 Å². The minimum absolute atomic E-state index is 0.0649. The van der Waals surface area contributed by atoms with Crippen molar-refractivity contribution in [2.45, 2.75) is 31.7 Å². The Bertz CT molecular complexity index is 680. The van der Waals surface area contributed by atoms with Gasteiger partial charge in [0.1, 0.15) is 10.9 Å².